The van der Waals surface area contributed by atoms with Crippen LogP contribution in [0.15, 0.2) is 30.6 Å². The first-order valence-electron chi connectivity index (χ1n) is 5.49. The molecule has 5 nitrogen and oxygen atoms in total. The van der Waals surface area contributed by atoms with Gasteiger partial charge in [0.25, 0.3) is 0 Å². The number of aromatic carboxylic acids is 1. The fraction of sp³-hybridized carbons (Fsp3) is 0.250. The van der Waals surface area contributed by atoms with Gasteiger partial charge in [0.1, 0.15) is 0 Å². The van der Waals surface area contributed by atoms with Gasteiger partial charge in [0, 0.05) is 24.0 Å². The summed E-state index contributed by atoms with van der Waals surface area (Å²) in [6.45, 7) is 0. The zero-order valence-electron chi connectivity index (χ0n) is 9.08. The number of carboxylic acids is 1. The highest BCUT2D eigenvalue weighted by atomic mass is 16.4. The summed E-state index contributed by atoms with van der Waals surface area (Å²) in [5.41, 5.74) is 1.94. The van der Waals surface area contributed by atoms with Gasteiger partial charge in [-0.3, -0.25) is 4.98 Å². The van der Waals surface area contributed by atoms with Crippen LogP contribution in [0.25, 0.3) is 5.69 Å². The lowest BCUT2D eigenvalue weighted by Gasteiger charge is -2.05. The van der Waals surface area contributed by atoms with E-state index in [1.807, 2.05) is 12.1 Å². The van der Waals surface area contributed by atoms with Crippen LogP contribution in [0.2, 0.25) is 0 Å². The van der Waals surface area contributed by atoms with Crippen molar-refractivity contribution in [3.8, 4) is 5.69 Å². The topological polar surface area (TPSA) is 68.0 Å². The first-order chi connectivity index (χ1) is 8.25. The highest BCUT2D eigenvalue weighted by molar-refractivity contribution is 5.85. The molecule has 1 saturated carbocycles. The maximum absolute atomic E-state index is 11.0. The van der Waals surface area contributed by atoms with Crippen molar-refractivity contribution in [1.82, 2.24) is 14.8 Å². The molecule has 5 heteroatoms. The van der Waals surface area contributed by atoms with E-state index in [-0.39, 0.29) is 5.69 Å². The van der Waals surface area contributed by atoms with E-state index in [4.69, 9.17) is 5.11 Å². The van der Waals surface area contributed by atoms with Gasteiger partial charge in [-0.15, -0.1) is 0 Å². The van der Waals surface area contributed by atoms with E-state index in [1.165, 1.54) is 0 Å². The summed E-state index contributed by atoms with van der Waals surface area (Å²) in [5.74, 6) is -0.538. The maximum atomic E-state index is 11.0. The fourth-order valence-corrected chi connectivity index (χ4v) is 1.86. The van der Waals surface area contributed by atoms with Crippen LogP contribution in [0.1, 0.15) is 34.9 Å². The van der Waals surface area contributed by atoms with Gasteiger partial charge in [-0.05, 0) is 31.0 Å². The maximum Gasteiger partial charge on any atom is 0.356 e. The molecule has 1 N–H and O–H groups in total. The molecule has 86 valence electrons. The molecular weight excluding hydrogens is 218 g/mol. The molecule has 2 heterocycles. The van der Waals surface area contributed by atoms with Crippen molar-refractivity contribution >= 4 is 5.97 Å². The summed E-state index contributed by atoms with van der Waals surface area (Å²) in [6, 6.07) is 5.31. The Morgan fingerprint density at radius 3 is 2.65 bits per heavy atom. The minimum atomic E-state index is -0.986. The van der Waals surface area contributed by atoms with Crippen molar-refractivity contribution in [3.63, 3.8) is 0 Å². The van der Waals surface area contributed by atoms with E-state index in [0.29, 0.717) is 5.92 Å². The average molecular weight is 229 g/mol. The predicted molar refractivity (Wildman–Crippen MR) is 60.3 cm³/mol. The largest absolute Gasteiger partial charge is 0.476 e. The first-order valence-corrected chi connectivity index (χ1v) is 5.49. The monoisotopic (exact) mass is 229 g/mol. The molecule has 2 aromatic heterocycles. The number of aromatic nitrogens is 3. The summed E-state index contributed by atoms with van der Waals surface area (Å²) in [6.07, 6.45) is 5.56. The zero-order chi connectivity index (χ0) is 11.8. The second-order valence-corrected chi connectivity index (χ2v) is 4.15. The second kappa shape index (κ2) is 3.69. The Balaban J connectivity index is 2.11. The molecule has 17 heavy (non-hydrogen) atoms. The molecule has 1 aliphatic carbocycles. The van der Waals surface area contributed by atoms with E-state index in [1.54, 1.807) is 23.1 Å². The van der Waals surface area contributed by atoms with Gasteiger partial charge in [-0.1, -0.05) is 0 Å². The fourth-order valence-electron chi connectivity index (χ4n) is 1.86. The number of pyridine rings is 1. The Bertz CT molecular complexity index is 558. The minimum Gasteiger partial charge on any atom is -0.476 e. The molecular formula is C12H11N3O2. The third-order valence-corrected chi connectivity index (χ3v) is 2.86. The van der Waals surface area contributed by atoms with Crippen LogP contribution < -0.4 is 0 Å². The van der Waals surface area contributed by atoms with Crippen LogP contribution in [0.5, 0.6) is 0 Å². The molecule has 2 aromatic rings. The molecule has 0 spiro atoms. The molecule has 0 unspecified atom stereocenters. The summed E-state index contributed by atoms with van der Waals surface area (Å²) in [7, 11) is 0. The Morgan fingerprint density at radius 1 is 1.35 bits per heavy atom. The van der Waals surface area contributed by atoms with E-state index >= 15 is 0 Å². The van der Waals surface area contributed by atoms with E-state index in [9.17, 15) is 4.79 Å². The molecule has 0 radical (unpaired) electrons. The van der Waals surface area contributed by atoms with Crippen LogP contribution in [-0.2, 0) is 0 Å². The van der Waals surface area contributed by atoms with Crippen LogP contribution in [0, 0.1) is 0 Å². The smallest absolute Gasteiger partial charge is 0.356 e. The number of carbonyl (C=O) groups is 1. The lowest BCUT2D eigenvalue weighted by Crippen LogP contribution is -2.03. The first kappa shape index (κ1) is 10.0. The number of carboxylic acid groups (broad SMARTS) is 1. The molecule has 0 aromatic carbocycles. The summed E-state index contributed by atoms with van der Waals surface area (Å²) in [5, 5.41) is 13.1. The highest BCUT2D eigenvalue weighted by Crippen LogP contribution is 2.41. The van der Waals surface area contributed by atoms with Gasteiger partial charge in [-0.2, -0.15) is 5.10 Å². The van der Waals surface area contributed by atoms with Crippen LogP contribution >= 0.6 is 0 Å². The standard InChI is InChI=1S/C12H11N3O2/c16-12(17)10-7-11(8-1-2-8)15(14-10)9-3-5-13-6-4-9/h3-8H,1-2H2,(H,16,17). The molecule has 0 aliphatic heterocycles. The Kier molecular flexibility index (Phi) is 2.18. The van der Waals surface area contributed by atoms with E-state index < -0.39 is 5.97 Å². The van der Waals surface area contributed by atoms with Gasteiger partial charge >= 0.3 is 5.97 Å². The number of hydrogen-bond donors (Lipinski definition) is 1. The van der Waals surface area contributed by atoms with Gasteiger partial charge in [0.2, 0.25) is 0 Å². The number of nitrogens with zero attached hydrogens (tertiary/aromatic N) is 3. The summed E-state index contributed by atoms with van der Waals surface area (Å²) < 4.78 is 1.71. The third kappa shape index (κ3) is 1.80. The average Bonchev–Trinajstić information content (AvgIpc) is 3.09. The molecule has 1 fully saturated rings. The van der Waals surface area contributed by atoms with E-state index in [0.717, 1.165) is 24.2 Å². The Labute approximate surface area is 97.7 Å². The third-order valence-electron chi connectivity index (χ3n) is 2.86. The summed E-state index contributed by atoms with van der Waals surface area (Å²) in [4.78, 5) is 14.9. The van der Waals surface area contributed by atoms with Gasteiger partial charge < -0.3 is 5.11 Å². The van der Waals surface area contributed by atoms with Crippen molar-refractivity contribution in [3.05, 3.63) is 42.0 Å². The quantitative estimate of drug-likeness (QED) is 0.872. The van der Waals surface area contributed by atoms with Crippen molar-refractivity contribution in [1.29, 1.82) is 0 Å². The minimum absolute atomic E-state index is 0.101. The lowest BCUT2D eigenvalue weighted by molar-refractivity contribution is 0.0690. The molecule has 0 saturated heterocycles. The number of rotatable bonds is 3. The predicted octanol–water partition coefficient (Wildman–Crippen LogP) is 1.84. The Hall–Kier alpha value is -2.17. The normalized spacial score (nSPS) is 14.8. The van der Waals surface area contributed by atoms with Crippen molar-refractivity contribution in [2.24, 2.45) is 0 Å². The van der Waals surface area contributed by atoms with Crippen molar-refractivity contribution < 1.29 is 9.90 Å². The molecule has 0 bridgehead atoms. The van der Waals surface area contributed by atoms with E-state index in [2.05, 4.69) is 10.1 Å². The van der Waals surface area contributed by atoms with Gasteiger partial charge in [0.05, 0.1) is 5.69 Å². The molecule has 0 amide bonds. The molecule has 3 rings (SSSR count). The Morgan fingerprint density at radius 2 is 2.06 bits per heavy atom. The molecule has 1 aliphatic rings. The van der Waals surface area contributed by atoms with Crippen LogP contribution in [0.3, 0.4) is 0 Å². The summed E-state index contributed by atoms with van der Waals surface area (Å²) >= 11 is 0. The highest BCUT2D eigenvalue weighted by Gasteiger charge is 2.29. The SMILES string of the molecule is O=C(O)c1cc(C2CC2)n(-c2ccncc2)n1. The number of hydrogen-bond acceptors (Lipinski definition) is 3. The van der Waals surface area contributed by atoms with Crippen LogP contribution in [0.4, 0.5) is 0 Å². The van der Waals surface area contributed by atoms with Crippen LogP contribution in [-0.4, -0.2) is 25.8 Å². The van der Waals surface area contributed by atoms with Crippen molar-refractivity contribution in [2.45, 2.75) is 18.8 Å². The molecule has 0 atom stereocenters. The second-order valence-electron chi connectivity index (χ2n) is 4.15. The lowest BCUT2D eigenvalue weighted by atomic mass is 10.2. The van der Waals surface area contributed by atoms with Crippen molar-refractivity contribution in [2.75, 3.05) is 0 Å². The van der Waals surface area contributed by atoms with Gasteiger partial charge in [0.15, 0.2) is 5.69 Å². The van der Waals surface area contributed by atoms with Gasteiger partial charge in [-0.25, -0.2) is 9.48 Å². The zero-order valence-corrected chi connectivity index (χ0v) is 9.08.